The molecule has 4 rings (SSSR count). The first-order valence-corrected chi connectivity index (χ1v) is 8.34. The van der Waals surface area contributed by atoms with E-state index >= 15 is 0 Å². The molecular weight excluding hydrogens is 324 g/mol. The van der Waals surface area contributed by atoms with E-state index in [1.165, 1.54) is 0 Å². The number of carbonyl (C=O) groups is 1. The number of carbonyl (C=O) groups excluding carboxylic acids is 1. The van der Waals surface area contributed by atoms with E-state index in [9.17, 15) is 4.79 Å². The Bertz CT molecular complexity index is 975. The van der Waals surface area contributed by atoms with Crippen LogP contribution in [0.2, 0.25) is 0 Å². The standard InChI is InChI=1S/C22H16N2O2/c25-22-24-20(21(26-22)18-9-5-2-6-10-18)19-13-17(14-23-15-19)12-11-16-7-3-1-4-8-16/h1-10,13-15,20-21H,(H,24,25). The molecule has 1 fully saturated rings. The maximum atomic E-state index is 11.8. The Labute approximate surface area is 151 Å². The summed E-state index contributed by atoms with van der Waals surface area (Å²) in [6.07, 6.45) is 2.64. The van der Waals surface area contributed by atoms with Crippen LogP contribution in [0.1, 0.15) is 34.4 Å². The van der Waals surface area contributed by atoms with Crippen molar-refractivity contribution in [2.75, 3.05) is 0 Å². The number of benzene rings is 2. The third-order valence-electron chi connectivity index (χ3n) is 4.18. The van der Waals surface area contributed by atoms with Gasteiger partial charge >= 0.3 is 6.09 Å². The fourth-order valence-corrected chi connectivity index (χ4v) is 2.94. The first-order valence-electron chi connectivity index (χ1n) is 8.34. The average Bonchev–Trinajstić information content (AvgIpc) is 3.10. The highest BCUT2D eigenvalue weighted by Crippen LogP contribution is 2.36. The van der Waals surface area contributed by atoms with E-state index in [2.05, 4.69) is 22.1 Å². The zero-order valence-corrected chi connectivity index (χ0v) is 13.9. The van der Waals surface area contributed by atoms with Crippen LogP contribution in [0.3, 0.4) is 0 Å². The minimum Gasteiger partial charge on any atom is -0.439 e. The molecule has 1 N–H and O–H groups in total. The predicted molar refractivity (Wildman–Crippen MR) is 98.2 cm³/mol. The van der Waals surface area contributed by atoms with E-state index in [-0.39, 0.29) is 12.1 Å². The average molecular weight is 340 g/mol. The minimum atomic E-state index is -0.426. The summed E-state index contributed by atoms with van der Waals surface area (Å²) in [5, 5.41) is 2.87. The highest BCUT2D eigenvalue weighted by Gasteiger charge is 2.36. The van der Waals surface area contributed by atoms with Crippen LogP contribution >= 0.6 is 0 Å². The molecule has 0 aliphatic carbocycles. The van der Waals surface area contributed by atoms with Crippen molar-refractivity contribution < 1.29 is 9.53 Å². The highest BCUT2D eigenvalue weighted by atomic mass is 16.6. The van der Waals surface area contributed by atoms with E-state index < -0.39 is 6.09 Å². The largest absolute Gasteiger partial charge is 0.439 e. The normalized spacial score (nSPS) is 18.4. The number of cyclic esters (lactones) is 1. The smallest absolute Gasteiger partial charge is 0.408 e. The Morgan fingerprint density at radius 1 is 0.846 bits per heavy atom. The zero-order valence-electron chi connectivity index (χ0n) is 13.9. The molecule has 2 atom stereocenters. The van der Waals surface area contributed by atoms with E-state index in [0.29, 0.717) is 0 Å². The van der Waals surface area contributed by atoms with Gasteiger partial charge in [-0.3, -0.25) is 4.98 Å². The summed E-state index contributed by atoms with van der Waals surface area (Å²) < 4.78 is 5.47. The van der Waals surface area contributed by atoms with Crippen molar-refractivity contribution in [1.29, 1.82) is 0 Å². The number of nitrogens with zero attached hydrogens (tertiary/aromatic N) is 1. The molecule has 126 valence electrons. The Morgan fingerprint density at radius 2 is 1.54 bits per heavy atom. The first kappa shape index (κ1) is 15.9. The lowest BCUT2D eigenvalue weighted by molar-refractivity contribution is 0.132. The van der Waals surface area contributed by atoms with Crippen LogP contribution < -0.4 is 5.32 Å². The van der Waals surface area contributed by atoms with Crippen LogP contribution in [-0.4, -0.2) is 11.1 Å². The van der Waals surface area contributed by atoms with Crippen molar-refractivity contribution in [3.8, 4) is 11.8 Å². The number of amides is 1. The quantitative estimate of drug-likeness (QED) is 0.717. The summed E-state index contributed by atoms with van der Waals surface area (Å²) in [6, 6.07) is 21.1. The van der Waals surface area contributed by atoms with Gasteiger partial charge in [0.1, 0.15) is 6.04 Å². The van der Waals surface area contributed by atoms with Gasteiger partial charge in [0.15, 0.2) is 6.10 Å². The summed E-state index contributed by atoms with van der Waals surface area (Å²) in [6.45, 7) is 0. The van der Waals surface area contributed by atoms with Gasteiger partial charge in [0, 0.05) is 23.5 Å². The molecule has 0 bridgehead atoms. The highest BCUT2D eigenvalue weighted by molar-refractivity contribution is 5.71. The van der Waals surface area contributed by atoms with Crippen molar-refractivity contribution in [2.45, 2.75) is 12.1 Å². The Balaban J connectivity index is 1.63. The second-order valence-electron chi connectivity index (χ2n) is 5.98. The van der Waals surface area contributed by atoms with E-state index in [1.54, 1.807) is 12.4 Å². The molecule has 2 aromatic carbocycles. The van der Waals surface area contributed by atoms with E-state index in [1.807, 2.05) is 66.7 Å². The number of alkyl carbamates (subject to hydrolysis) is 1. The van der Waals surface area contributed by atoms with Gasteiger partial charge in [-0.2, -0.15) is 0 Å². The maximum Gasteiger partial charge on any atom is 0.408 e. The SMILES string of the molecule is O=C1NC(c2cncc(C#Cc3ccccc3)c2)C(c2ccccc2)O1. The number of rotatable bonds is 2. The summed E-state index contributed by atoms with van der Waals surface area (Å²) >= 11 is 0. The van der Waals surface area contributed by atoms with Crippen LogP contribution in [0.5, 0.6) is 0 Å². The first-order chi connectivity index (χ1) is 12.8. The maximum absolute atomic E-state index is 11.8. The molecular formula is C22H16N2O2. The summed E-state index contributed by atoms with van der Waals surface area (Å²) in [5.41, 5.74) is 3.54. The molecule has 26 heavy (non-hydrogen) atoms. The molecule has 2 unspecified atom stereocenters. The van der Waals surface area contributed by atoms with Crippen LogP contribution in [-0.2, 0) is 4.74 Å². The Hall–Kier alpha value is -3.58. The van der Waals surface area contributed by atoms with Gasteiger partial charge in [0.25, 0.3) is 0 Å². The molecule has 3 aromatic rings. The molecule has 4 heteroatoms. The molecule has 0 saturated carbocycles. The van der Waals surface area contributed by atoms with Crippen molar-refractivity contribution in [1.82, 2.24) is 10.3 Å². The zero-order chi connectivity index (χ0) is 17.8. The summed E-state index contributed by atoms with van der Waals surface area (Å²) in [5.74, 6) is 6.25. The van der Waals surface area contributed by atoms with E-state index in [0.717, 1.165) is 22.3 Å². The molecule has 1 amide bonds. The monoisotopic (exact) mass is 340 g/mol. The number of ether oxygens (including phenoxy) is 1. The third kappa shape index (κ3) is 3.42. The fourth-order valence-electron chi connectivity index (χ4n) is 2.94. The number of aromatic nitrogens is 1. The third-order valence-corrected chi connectivity index (χ3v) is 4.18. The van der Waals surface area contributed by atoms with Gasteiger partial charge in [-0.25, -0.2) is 4.79 Å². The minimum absolute atomic E-state index is 0.295. The van der Waals surface area contributed by atoms with Gasteiger partial charge in [0.2, 0.25) is 0 Å². The number of hydrogen-bond donors (Lipinski definition) is 1. The van der Waals surface area contributed by atoms with Crippen LogP contribution in [0.4, 0.5) is 4.79 Å². The van der Waals surface area contributed by atoms with Crippen LogP contribution in [0.25, 0.3) is 0 Å². The molecule has 1 aliphatic heterocycles. The lowest BCUT2D eigenvalue weighted by atomic mass is 9.97. The molecule has 0 spiro atoms. The predicted octanol–water partition coefficient (Wildman–Crippen LogP) is 4.00. The molecule has 1 aliphatic rings. The summed E-state index contributed by atoms with van der Waals surface area (Å²) in [7, 11) is 0. The Morgan fingerprint density at radius 3 is 2.31 bits per heavy atom. The second kappa shape index (κ2) is 7.12. The van der Waals surface area contributed by atoms with Gasteiger partial charge in [0.05, 0.1) is 0 Å². The molecule has 1 saturated heterocycles. The van der Waals surface area contributed by atoms with Crippen molar-refractivity contribution in [3.63, 3.8) is 0 Å². The fraction of sp³-hybridized carbons (Fsp3) is 0.0909. The number of nitrogens with one attached hydrogen (secondary N) is 1. The van der Waals surface area contributed by atoms with Crippen molar-refractivity contribution in [2.24, 2.45) is 0 Å². The van der Waals surface area contributed by atoms with E-state index in [4.69, 9.17) is 4.74 Å². The summed E-state index contributed by atoms with van der Waals surface area (Å²) in [4.78, 5) is 16.1. The van der Waals surface area contributed by atoms with Crippen molar-refractivity contribution in [3.05, 3.63) is 101 Å². The van der Waals surface area contributed by atoms with Gasteiger partial charge < -0.3 is 10.1 Å². The number of pyridine rings is 1. The van der Waals surface area contributed by atoms with Crippen molar-refractivity contribution >= 4 is 6.09 Å². The number of hydrogen-bond acceptors (Lipinski definition) is 3. The second-order valence-corrected chi connectivity index (χ2v) is 5.98. The lowest BCUT2D eigenvalue weighted by Crippen LogP contribution is -2.19. The lowest BCUT2D eigenvalue weighted by Gasteiger charge is -2.17. The van der Waals surface area contributed by atoms with Crippen LogP contribution in [0, 0.1) is 11.8 Å². The molecule has 4 nitrogen and oxygen atoms in total. The molecule has 2 heterocycles. The molecule has 1 aromatic heterocycles. The Kier molecular flexibility index (Phi) is 4.36. The topological polar surface area (TPSA) is 51.2 Å². The van der Waals surface area contributed by atoms with Crippen LogP contribution in [0.15, 0.2) is 79.1 Å². The van der Waals surface area contributed by atoms with Gasteiger partial charge in [-0.05, 0) is 29.3 Å². The molecule has 0 radical (unpaired) electrons. The van der Waals surface area contributed by atoms with Gasteiger partial charge in [-0.1, -0.05) is 60.4 Å². The van der Waals surface area contributed by atoms with Gasteiger partial charge in [-0.15, -0.1) is 0 Å².